The predicted molar refractivity (Wildman–Crippen MR) is 64.5 cm³/mol. The summed E-state index contributed by atoms with van der Waals surface area (Å²) in [5, 5.41) is 4.08. The summed E-state index contributed by atoms with van der Waals surface area (Å²) < 4.78 is 20.6. The Kier molecular flexibility index (Phi) is 3.41. The average molecular weight is 248 g/mol. The van der Waals surface area contributed by atoms with Gasteiger partial charge in [0, 0.05) is 6.04 Å². The lowest BCUT2D eigenvalue weighted by molar-refractivity contribution is 0.112. The number of carbonyl (C=O) groups is 1. The molecule has 0 atom stereocenters. The van der Waals surface area contributed by atoms with Gasteiger partial charge in [0.05, 0.1) is 18.0 Å². The number of aldehydes is 1. The normalized spacial score (nSPS) is 10.7. The van der Waals surface area contributed by atoms with Crippen molar-refractivity contribution in [2.24, 2.45) is 0 Å². The highest BCUT2D eigenvalue weighted by molar-refractivity contribution is 5.79. The van der Waals surface area contributed by atoms with Gasteiger partial charge in [0.2, 0.25) is 0 Å². The van der Waals surface area contributed by atoms with Crippen LogP contribution in [-0.4, -0.2) is 16.1 Å². The number of hydrogen-bond acceptors (Lipinski definition) is 3. The number of hydrogen-bond donors (Lipinski definition) is 0. The number of aromatic nitrogens is 2. The van der Waals surface area contributed by atoms with E-state index in [0.29, 0.717) is 12.0 Å². The zero-order chi connectivity index (χ0) is 13.1. The Labute approximate surface area is 104 Å². The highest BCUT2D eigenvalue weighted by Gasteiger charge is 2.12. The number of halogens is 1. The topological polar surface area (TPSA) is 44.1 Å². The Morgan fingerprint density at radius 1 is 1.44 bits per heavy atom. The lowest BCUT2D eigenvalue weighted by Gasteiger charge is -2.07. The zero-order valence-electron chi connectivity index (χ0n) is 10.1. The van der Waals surface area contributed by atoms with Gasteiger partial charge in [-0.3, -0.25) is 9.48 Å². The quantitative estimate of drug-likeness (QED) is 0.780. The third kappa shape index (κ3) is 2.40. The highest BCUT2D eigenvalue weighted by atomic mass is 19.1. The molecule has 0 fully saturated rings. The van der Waals surface area contributed by atoms with Gasteiger partial charge in [-0.2, -0.15) is 5.10 Å². The van der Waals surface area contributed by atoms with Crippen LogP contribution in [0.3, 0.4) is 0 Å². The van der Waals surface area contributed by atoms with Crippen molar-refractivity contribution in [3.05, 3.63) is 42.0 Å². The van der Waals surface area contributed by atoms with Gasteiger partial charge in [-0.15, -0.1) is 0 Å². The van der Waals surface area contributed by atoms with Gasteiger partial charge in [0.1, 0.15) is 0 Å². The van der Waals surface area contributed by atoms with E-state index in [0.717, 1.165) is 0 Å². The summed E-state index contributed by atoms with van der Waals surface area (Å²) in [6, 6.07) is 4.39. The molecule has 0 N–H and O–H groups in total. The third-order valence-electron chi connectivity index (χ3n) is 2.45. The number of ether oxygens (including phenoxy) is 1. The fourth-order valence-electron chi connectivity index (χ4n) is 1.50. The maximum absolute atomic E-state index is 13.6. The summed E-state index contributed by atoms with van der Waals surface area (Å²) in [5.41, 5.74) is 0.173. The number of para-hydroxylation sites is 1. The molecule has 2 aromatic rings. The maximum Gasteiger partial charge on any atom is 0.173 e. The molecule has 94 valence electrons. The molecular formula is C13H13FN2O2. The summed E-state index contributed by atoms with van der Waals surface area (Å²) in [6.45, 7) is 3.94. The summed E-state index contributed by atoms with van der Waals surface area (Å²) in [7, 11) is 0. The number of carbonyl (C=O) groups excluding carboxylic acids is 1. The highest BCUT2D eigenvalue weighted by Crippen LogP contribution is 2.27. The molecule has 0 aliphatic heterocycles. The van der Waals surface area contributed by atoms with Crippen LogP contribution in [-0.2, 0) is 0 Å². The SMILES string of the molecule is CC(C)n1cc(Oc2c(F)cccc2C=O)cn1. The lowest BCUT2D eigenvalue weighted by atomic mass is 10.2. The summed E-state index contributed by atoms with van der Waals surface area (Å²) in [4.78, 5) is 10.8. The molecule has 4 nitrogen and oxygen atoms in total. The third-order valence-corrected chi connectivity index (χ3v) is 2.45. The van der Waals surface area contributed by atoms with Crippen LogP contribution in [0.15, 0.2) is 30.6 Å². The summed E-state index contributed by atoms with van der Waals surface area (Å²) >= 11 is 0. The van der Waals surface area contributed by atoms with E-state index >= 15 is 0 Å². The van der Waals surface area contributed by atoms with E-state index in [4.69, 9.17) is 4.74 Å². The summed E-state index contributed by atoms with van der Waals surface area (Å²) in [6.07, 6.45) is 3.71. The van der Waals surface area contributed by atoms with Crippen LogP contribution in [0.5, 0.6) is 11.5 Å². The molecule has 5 heteroatoms. The van der Waals surface area contributed by atoms with Crippen LogP contribution in [0, 0.1) is 5.82 Å². The lowest BCUT2D eigenvalue weighted by Crippen LogP contribution is -1.99. The van der Waals surface area contributed by atoms with Crippen LogP contribution in [0.2, 0.25) is 0 Å². The van der Waals surface area contributed by atoms with Crippen LogP contribution in [0.25, 0.3) is 0 Å². The van der Waals surface area contributed by atoms with E-state index in [-0.39, 0.29) is 17.4 Å². The molecule has 0 unspecified atom stereocenters. The molecule has 0 saturated heterocycles. The Balaban J connectivity index is 2.30. The van der Waals surface area contributed by atoms with Gasteiger partial charge in [0.25, 0.3) is 0 Å². The van der Waals surface area contributed by atoms with E-state index in [1.807, 2.05) is 13.8 Å². The van der Waals surface area contributed by atoms with E-state index < -0.39 is 5.82 Å². The zero-order valence-corrected chi connectivity index (χ0v) is 10.1. The molecule has 18 heavy (non-hydrogen) atoms. The first kappa shape index (κ1) is 12.3. The average Bonchev–Trinajstić information content (AvgIpc) is 2.80. The standard InChI is InChI=1S/C13H13FN2O2/c1-9(2)16-7-11(6-15-16)18-13-10(8-17)4-3-5-12(13)14/h3-9H,1-2H3. The van der Waals surface area contributed by atoms with Crippen molar-refractivity contribution in [3.8, 4) is 11.5 Å². The van der Waals surface area contributed by atoms with Gasteiger partial charge in [0.15, 0.2) is 23.6 Å². The van der Waals surface area contributed by atoms with E-state index in [2.05, 4.69) is 5.10 Å². The minimum absolute atomic E-state index is 0.0733. The first-order valence-electron chi connectivity index (χ1n) is 5.57. The smallest absolute Gasteiger partial charge is 0.173 e. The Hall–Kier alpha value is -2.17. The Morgan fingerprint density at radius 3 is 2.83 bits per heavy atom. The van der Waals surface area contributed by atoms with Gasteiger partial charge >= 0.3 is 0 Å². The second-order valence-corrected chi connectivity index (χ2v) is 4.13. The van der Waals surface area contributed by atoms with Crippen molar-refractivity contribution in [1.29, 1.82) is 0 Å². The second kappa shape index (κ2) is 5.00. The molecule has 1 aromatic carbocycles. The minimum Gasteiger partial charge on any atom is -0.450 e. The fraction of sp³-hybridized carbons (Fsp3) is 0.231. The molecule has 0 bridgehead atoms. The van der Waals surface area contributed by atoms with Crippen LogP contribution in [0.1, 0.15) is 30.2 Å². The van der Waals surface area contributed by atoms with E-state index in [1.54, 1.807) is 10.9 Å². The number of rotatable bonds is 4. The van der Waals surface area contributed by atoms with Gasteiger partial charge in [-0.1, -0.05) is 6.07 Å². The predicted octanol–water partition coefficient (Wildman–Crippen LogP) is 3.21. The van der Waals surface area contributed by atoms with Crippen molar-refractivity contribution < 1.29 is 13.9 Å². The molecule has 0 aliphatic carbocycles. The van der Waals surface area contributed by atoms with Crippen molar-refractivity contribution >= 4 is 6.29 Å². The Morgan fingerprint density at radius 2 is 2.22 bits per heavy atom. The van der Waals surface area contributed by atoms with Crippen molar-refractivity contribution in [2.45, 2.75) is 19.9 Å². The first-order chi connectivity index (χ1) is 8.61. The summed E-state index contributed by atoms with van der Waals surface area (Å²) in [5.74, 6) is -0.246. The largest absolute Gasteiger partial charge is 0.450 e. The van der Waals surface area contributed by atoms with E-state index in [1.165, 1.54) is 24.4 Å². The number of benzene rings is 1. The molecule has 0 saturated carbocycles. The monoisotopic (exact) mass is 248 g/mol. The van der Waals surface area contributed by atoms with Crippen LogP contribution in [0.4, 0.5) is 4.39 Å². The molecular weight excluding hydrogens is 235 g/mol. The second-order valence-electron chi connectivity index (χ2n) is 4.13. The van der Waals surface area contributed by atoms with E-state index in [9.17, 15) is 9.18 Å². The molecule has 1 aromatic heterocycles. The van der Waals surface area contributed by atoms with Crippen molar-refractivity contribution in [1.82, 2.24) is 9.78 Å². The molecule has 0 aliphatic rings. The minimum atomic E-state index is -0.572. The first-order valence-corrected chi connectivity index (χ1v) is 5.57. The molecule has 0 amide bonds. The molecule has 0 spiro atoms. The number of nitrogens with zero attached hydrogens (tertiary/aromatic N) is 2. The molecule has 1 heterocycles. The van der Waals surface area contributed by atoms with Crippen molar-refractivity contribution in [3.63, 3.8) is 0 Å². The Bertz CT molecular complexity index is 564. The van der Waals surface area contributed by atoms with Gasteiger partial charge < -0.3 is 4.74 Å². The fourth-order valence-corrected chi connectivity index (χ4v) is 1.50. The molecule has 2 rings (SSSR count). The van der Waals surface area contributed by atoms with Crippen molar-refractivity contribution in [2.75, 3.05) is 0 Å². The van der Waals surface area contributed by atoms with Crippen LogP contribution >= 0.6 is 0 Å². The van der Waals surface area contributed by atoms with Gasteiger partial charge in [-0.25, -0.2) is 4.39 Å². The van der Waals surface area contributed by atoms with Crippen LogP contribution < -0.4 is 4.74 Å². The maximum atomic E-state index is 13.6. The van der Waals surface area contributed by atoms with Gasteiger partial charge in [-0.05, 0) is 26.0 Å². The molecule has 0 radical (unpaired) electrons.